The Balaban J connectivity index is 1.95. The second-order valence-electron chi connectivity index (χ2n) is 6.27. The molecule has 0 spiro atoms. The first kappa shape index (κ1) is 22.3. The van der Waals surface area contributed by atoms with Crippen molar-refractivity contribution in [1.29, 1.82) is 0 Å². The lowest BCUT2D eigenvalue weighted by molar-refractivity contribution is -0.142. The number of rotatable bonds is 8. The fourth-order valence-corrected chi connectivity index (χ4v) is 2.85. The van der Waals surface area contributed by atoms with E-state index in [4.69, 9.17) is 25.8 Å². The molecule has 0 radical (unpaired) electrons. The molecule has 154 valence electrons. The molecule has 2 rings (SSSR count). The number of esters is 1. The summed E-state index contributed by atoms with van der Waals surface area (Å²) < 4.78 is 15.7. The van der Waals surface area contributed by atoms with Gasteiger partial charge in [0.25, 0.3) is 5.91 Å². The minimum Gasteiger partial charge on any atom is -0.491 e. The molecule has 0 atom stereocenters. The highest BCUT2D eigenvalue weighted by molar-refractivity contribution is 6.32. The van der Waals surface area contributed by atoms with Crippen LogP contribution in [0.4, 0.5) is 5.69 Å². The summed E-state index contributed by atoms with van der Waals surface area (Å²) in [4.78, 5) is 24.0. The topological polar surface area (TPSA) is 73.9 Å². The van der Waals surface area contributed by atoms with Gasteiger partial charge in [0, 0.05) is 11.8 Å². The molecule has 0 bridgehead atoms. The van der Waals surface area contributed by atoms with E-state index < -0.39 is 11.9 Å². The molecular formula is C22H24ClNO5. The Hall–Kier alpha value is -2.99. The average molecular weight is 418 g/mol. The van der Waals surface area contributed by atoms with Crippen LogP contribution in [0.1, 0.15) is 23.6 Å². The number of amides is 1. The van der Waals surface area contributed by atoms with Crippen LogP contribution in [0.5, 0.6) is 11.5 Å². The van der Waals surface area contributed by atoms with Crippen molar-refractivity contribution in [2.24, 2.45) is 0 Å². The van der Waals surface area contributed by atoms with Crippen LogP contribution in [0, 0.1) is 13.8 Å². The third-order valence-electron chi connectivity index (χ3n) is 3.96. The smallest absolute Gasteiger partial charge is 0.331 e. The number of nitrogens with one attached hydrogen (secondary N) is 1. The van der Waals surface area contributed by atoms with Gasteiger partial charge in [-0.2, -0.15) is 0 Å². The van der Waals surface area contributed by atoms with Crippen LogP contribution in [-0.4, -0.2) is 32.2 Å². The molecule has 6 nitrogen and oxygen atoms in total. The van der Waals surface area contributed by atoms with E-state index >= 15 is 0 Å². The van der Waals surface area contributed by atoms with Crippen molar-refractivity contribution in [2.75, 3.05) is 25.6 Å². The molecule has 0 unspecified atom stereocenters. The van der Waals surface area contributed by atoms with Gasteiger partial charge in [0.1, 0.15) is 0 Å². The number of ether oxygens (including phenoxy) is 3. The molecular weight excluding hydrogens is 394 g/mol. The predicted molar refractivity (Wildman–Crippen MR) is 114 cm³/mol. The molecule has 0 aliphatic carbocycles. The Kier molecular flexibility index (Phi) is 8.09. The highest BCUT2D eigenvalue weighted by Crippen LogP contribution is 2.36. The van der Waals surface area contributed by atoms with Crippen LogP contribution in [0.15, 0.2) is 36.4 Å². The minimum absolute atomic E-state index is 0.361. The molecule has 0 heterocycles. The van der Waals surface area contributed by atoms with Crippen molar-refractivity contribution in [3.05, 3.63) is 58.1 Å². The quantitative estimate of drug-likeness (QED) is 0.503. The predicted octanol–water partition coefficient (Wildman–Crippen LogP) is 4.56. The van der Waals surface area contributed by atoms with E-state index in [-0.39, 0.29) is 6.61 Å². The summed E-state index contributed by atoms with van der Waals surface area (Å²) in [7, 11) is 1.50. The Morgan fingerprint density at radius 3 is 2.62 bits per heavy atom. The first-order valence-corrected chi connectivity index (χ1v) is 9.44. The van der Waals surface area contributed by atoms with Crippen LogP contribution < -0.4 is 14.8 Å². The zero-order valence-corrected chi connectivity index (χ0v) is 17.6. The molecule has 0 saturated heterocycles. The maximum Gasteiger partial charge on any atom is 0.331 e. The van der Waals surface area contributed by atoms with Gasteiger partial charge in [-0.05, 0) is 61.7 Å². The number of hydrogen-bond donors (Lipinski definition) is 1. The van der Waals surface area contributed by atoms with Crippen molar-refractivity contribution in [3.8, 4) is 11.5 Å². The maximum absolute atomic E-state index is 12.0. The summed E-state index contributed by atoms with van der Waals surface area (Å²) in [6.45, 7) is 5.72. The number of carbonyl (C=O) groups excluding carboxylic acids is 2. The second kappa shape index (κ2) is 10.5. The van der Waals surface area contributed by atoms with E-state index in [9.17, 15) is 9.59 Å². The lowest BCUT2D eigenvalue weighted by Gasteiger charge is -2.11. The fourth-order valence-electron chi connectivity index (χ4n) is 2.55. The minimum atomic E-state index is -0.647. The summed E-state index contributed by atoms with van der Waals surface area (Å²) in [5.74, 6) is -0.155. The zero-order chi connectivity index (χ0) is 21.4. The molecule has 0 aromatic heterocycles. The summed E-state index contributed by atoms with van der Waals surface area (Å²) in [6.07, 6.45) is 2.75. The summed E-state index contributed by atoms with van der Waals surface area (Å²) in [5, 5.41) is 3.09. The number of halogens is 1. The number of benzene rings is 2. The van der Waals surface area contributed by atoms with Gasteiger partial charge in [-0.1, -0.05) is 23.7 Å². The van der Waals surface area contributed by atoms with Crippen LogP contribution >= 0.6 is 11.6 Å². The van der Waals surface area contributed by atoms with Crippen molar-refractivity contribution in [1.82, 2.24) is 0 Å². The third-order valence-corrected chi connectivity index (χ3v) is 4.24. The molecule has 0 fully saturated rings. The van der Waals surface area contributed by atoms with Gasteiger partial charge in [0.2, 0.25) is 0 Å². The van der Waals surface area contributed by atoms with Crippen molar-refractivity contribution < 1.29 is 23.8 Å². The van der Waals surface area contributed by atoms with Gasteiger partial charge in [-0.25, -0.2) is 4.79 Å². The van der Waals surface area contributed by atoms with Gasteiger partial charge in [0.15, 0.2) is 18.1 Å². The number of aryl methyl sites for hydroxylation is 2. The maximum atomic E-state index is 12.0. The second-order valence-corrected chi connectivity index (χ2v) is 6.68. The van der Waals surface area contributed by atoms with Crippen molar-refractivity contribution in [3.63, 3.8) is 0 Å². The van der Waals surface area contributed by atoms with Gasteiger partial charge >= 0.3 is 5.97 Å². The van der Waals surface area contributed by atoms with Crippen LogP contribution in [0.3, 0.4) is 0 Å². The van der Waals surface area contributed by atoms with E-state index in [2.05, 4.69) is 5.32 Å². The Labute approximate surface area is 175 Å². The number of methoxy groups -OCH3 is 1. The van der Waals surface area contributed by atoms with E-state index in [1.54, 1.807) is 12.1 Å². The highest BCUT2D eigenvalue weighted by atomic mass is 35.5. The van der Waals surface area contributed by atoms with Gasteiger partial charge < -0.3 is 19.5 Å². The summed E-state index contributed by atoms with van der Waals surface area (Å²) >= 11 is 6.18. The molecule has 0 aliphatic rings. The molecule has 0 saturated carbocycles. The lowest BCUT2D eigenvalue weighted by Crippen LogP contribution is -2.20. The molecule has 7 heteroatoms. The van der Waals surface area contributed by atoms with E-state index in [1.165, 1.54) is 19.3 Å². The molecule has 2 aromatic rings. The SMILES string of the molecule is CCOc1cc(/C=C/C(=O)OCC(=O)Nc2cc(C)ccc2C)cc(Cl)c1OC. The molecule has 29 heavy (non-hydrogen) atoms. The average Bonchev–Trinajstić information content (AvgIpc) is 2.68. The molecule has 2 aromatic carbocycles. The Morgan fingerprint density at radius 2 is 1.93 bits per heavy atom. The number of hydrogen-bond acceptors (Lipinski definition) is 5. The van der Waals surface area contributed by atoms with Crippen molar-refractivity contribution in [2.45, 2.75) is 20.8 Å². The first-order chi connectivity index (χ1) is 13.8. The monoisotopic (exact) mass is 417 g/mol. The van der Waals surface area contributed by atoms with E-state index in [0.717, 1.165) is 11.1 Å². The zero-order valence-electron chi connectivity index (χ0n) is 16.9. The lowest BCUT2D eigenvalue weighted by atomic mass is 10.1. The van der Waals surface area contributed by atoms with Crippen LogP contribution in [-0.2, 0) is 14.3 Å². The first-order valence-electron chi connectivity index (χ1n) is 9.06. The molecule has 1 amide bonds. The highest BCUT2D eigenvalue weighted by Gasteiger charge is 2.11. The molecule has 0 aliphatic heterocycles. The van der Waals surface area contributed by atoms with Crippen LogP contribution in [0.25, 0.3) is 6.08 Å². The molecule has 1 N–H and O–H groups in total. The van der Waals surface area contributed by atoms with Gasteiger partial charge in [-0.15, -0.1) is 0 Å². The normalized spacial score (nSPS) is 10.7. The Bertz CT molecular complexity index is 924. The Morgan fingerprint density at radius 1 is 1.17 bits per heavy atom. The van der Waals surface area contributed by atoms with Gasteiger partial charge in [0.05, 0.1) is 18.7 Å². The number of anilines is 1. The number of carbonyl (C=O) groups is 2. The van der Waals surface area contributed by atoms with E-state index in [1.807, 2.05) is 39.0 Å². The largest absolute Gasteiger partial charge is 0.491 e. The summed E-state index contributed by atoms with van der Waals surface area (Å²) in [5.41, 5.74) is 3.28. The van der Waals surface area contributed by atoms with Gasteiger partial charge in [-0.3, -0.25) is 4.79 Å². The van der Waals surface area contributed by atoms with Crippen LogP contribution in [0.2, 0.25) is 5.02 Å². The van der Waals surface area contributed by atoms with Crippen molar-refractivity contribution >= 4 is 35.2 Å². The standard InChI is InChI=1S/C22H24ClNO5/c1-5-28-19-12-16(11-17(23)22(19)27-4)8-9-21(26)29-13-20(25)24-18-10-14(2)6-7-15(18)3/h6-12H,5,13H2,1-4H3,(H,24,25)/b9-8+. The van der Waals surface area contributed by atoms with E-state index in [0.29, 0.717) is 34.4 Å². The third kappa shape index (κ3) is 6.54. The fraction of sp³-hybridized carbons (Fsp3) is 0.273. The summed E-state index contributed by atoms with van der Waals surface area (Å²) in [6, 6.07) is 9.07.